The number of nitrogens with zero attached hydrogens (tertiary/aromatic N) is 3. The van der Waals surface area contributed by atoms with Crippen LogP contribution in [0, 0.1) is 16.7 Å². The number of hydrogen-bond acceptors (Lipinski definition) is 5. The van der Waals surface area contributed by atoms with Crippen LogP contribution in [0.15, 0.2) is 27.5 Å². The van der Waals surface area contributed by atoms with E-state index in [1.807, 2.05) is 18.4 Å². The van der Waals surface area contributed by atoms with E-state index in [1.54, 1.807) is 18.2 Å². The number of oxazole rings is 1. The highest BCUT2D eigenvalue weighted by Crippen LogP contribution is 2.26. The van der Waals surface area contributed by atoms with E-state index in [4.69, 9.17) is 16.6 Å². The van der Waals surface area contributed by atoms with Gasteiger partial charge in [0.1, 0.15) is 0 Å². The van der Waals surface area contributed by atoms with Gasteiger partial charge in [0, 0.05) is 26.2 Å². The van der Waals surface area contributed by atoms with Crippen molar-refractivity contribution in [2.24, 2.45) is 11.8 Å². The topological polar surface area (TPSA) is 58.7 Å². The van der Waals surface area contributed by atoms with Crippen molar-refractivity contribution < 1.29 is 12.8 Å². The molecular formula is C19H29N3O3S2. The second kappa shape index (κ2) is 8.03. The molecule has 150 valence electrons. The Hall–Kier alpha value is -1.22. The van der Waals surface area contributed by atoms with Crippen LogP contribution in [-0.4, -0.2) is 48.4 Å². The summed E-state index contributed by atoms with van der Waals surface area (Å²) in [6.07, 6.45) is 1.24. The number of sulfonamides is 1. The number of benzene rings is 1. The van der Waals surface area contributed by atoms with Gasteiger partial charge in [0.05, 0.1) is 17.1 Å². The minimum Gasteiger partial charge on any atom is -0.429 e. The third kappa shape index (κ3) is 4.13. The molecule has 1 aromatic carbocycles. The van der Waals surface area contributed by atoms with Gasteiger partial charge in [-0.1, -0.05) is 27.7 Å². The van der Waals surface area contributed by atoms with Gasteiger partial charge >= 0.3 is 0 Å². The summed E-state index contributed by atoms with van der Waals surface area (Å²) in [6, 6.07) is 5.00. The van der Waals surface area contributed by atoms with Crippen molar-refractivity contribution in [1.29, 1.82) is 0 Å². The van der Waals surface area contributed by atoms with Crippen molar-refractivity contribution in [2.75, 3.05) is 26.2 Å². The summed E-state index contributed by atoms with van der Waals surface area (Å²) in [5, 5.41) is 0. The van der Waals surface area contributed by atoms with E-state index in [-0.39, 0.29) is 4.90 Å². The maximum Gasteiger partial charge on any atom is 0.270 e. The van der Waals surface area contributed by atoms with Crippen molar-refractivity contribution in [1.82, 2.24) is 13.8 Å². The normalized spacial score (nSPS) is 22.0. The first kappa shape index (κ1) is 20.5. The van der Waals surface area contributed by atoms with Crippen molar-refractivity contribution in [3.63, 3.8) is 0 Å². The molecule has 0 saturated carbocycles. The van der Waals surface area contributed by atoms with Crippen LogP contribution in [0.25, 0.3) is 11.1 Å². The summed E-state index contributed by atoms with van der Waals surface area (Å²) in [6.45, 7) is 11.8. The SMILES string of the molecule is CCN(CC)S(=O)(=O)c1ccc2oc(=S)n(CN3C[C@H](C)C[C@H](C)C3)c2c1. The summed E-state index contributed by atoms with van der Waals surface area (Å²) >= 11 is 5.42. The molecule has 8 heteroatoms. The Morgan fingerprint density at radius 2 is 1.81 bits per heavy atom. The van der Waals surface area contributed by atoms with Gasteiger partial charge in [0.15, 0.2) is 5.58 Å². The second-order valence-corrected chi connectivity index (χ2v) is 9.93. The van der Waals surface area contributed by atoms with E-state index in [0.29, 0.717) is 42.0 Å². The van der Waals surface area contributed by atoms with E-state index in [1.165, 1.54) is 10.7 Å². The molecule has 1 aromatic heterocycles. The highest BCUT2D eigenvalue weighted by atomic mass is 32.2. The molecule has 3 rings (SSSR count). The van der Waals surface area contributed by atoms with Gasteiger partial charge in [-0.2, -0.15) is 4.31 Å². The van der Waals surface area contributed by atoms with Gasteiger partial charge in [0.25, 0.3) is 4.84 Å². The van der Waals surface area contributed by atoms with Crippen LogP contribution < -0.4 is 0 Å². The quantitative estimate of drug-likeness (QED) is 0.674. The molecule has 0 radical (unpaired) electrons. The molecule has 1 aliphatic rings. The Labute approximate surface area is 166 Å². The predicted octanol–water partition coefficient (Wildman–Crippen LogP) is 3.93. The average Bonchev–Trinajstić information content (AvgIpc) is 2.90. The number of fused-ring (bicyclic) bond motifs is 1. The van der Waals surface area contributed by atoms with Crippen LogP contribution >= 0.6 is 12.2 Å². The van der Waals surface area contributed by atoms with Gasteiger partial charge in [-0.25, -0.2) is 8.42 Å². The van der Waals surface area contributed by atoms with E-state index < -0.39 is 10.0 Å². The van der Waals surface area contributed by atoms with Crippen molar-refractivity contribution in [3.8, 4) is 0 Å². The summed E-state index contributed by atoms with van der Waals surface area (Å²) in [5.41, 5.74) is 1.36. The monoisotopic (exact) mass is 411 g/mol. The minimum atomic E-state index is -3.52. The molecule has 2 atom stereocenters. The van der Waals surface area contributed by atoms with Gasteiger partial charge in [0.2, 0.25) is 10.0 Å². The van der Waals surface area contributed by atoms with Crippen LogP contribution in [0.2, 0.25) is 0 Å². The molecule has 0 amide bonds. The summed E-state index contributed by atoms with van der Waals surface area (Å²) < 4.78 is 34.9. The standard InChI is InChI=1S/C19H29N3O3S2/c1-5-21(6-2)27(23,24)16-7-8-18-17(10-16)22(19(26)25-18)13-20-11-14(3)9-15(4)12-20/h7-8,10,14-15H,5-6,9,11-13H2,1-4H3/t14-,15+. The molecule has 27 heavy (non-hydrogen) atoms. The van der Waals surface area contributed by atoms with Gasteiger partial charge in [-0.3, -0.25) is 9.47 Å². The number of aromatic nitrogens is 1. The first-order valence-corrected chi connectivity index (χ1v) is 11.5. The highest BCUT2D eigenvalue weighted by Gasteiger charge is 2.25. The van der Waals surface area contributed by atoms with Gasteiger partial charge in [-0.05, 0) is 48.7 Å². The first-order valence-electron chi connectivity index (χ1n) is 9.62. The molecule has 2 heterocycles. The molecule has 2 aromatic rings. The lowest BCUT2D eigenvalue weighted by Crippen LogP contribution is -2.39. The molecular weight excluding hydrogens is 382 g/mol. The molecule has 0 aliphatic carbocycles. The van der Waals surface area contributed by atoms with Crippen LogP contribution in [-0.2, 0) is 16.7 Å². The van der Waals surface area contributed by atoms with Gasteiger partial charge < -0.3 is 4.42 Å². The Kier molecular flexibility index (Phi) is 6.10. The zero-order valence-electron chi connectivity index (χ0n) is 16.5. The van der Waals surface area contributed by atoms with Crippen molar-refractivity contribution in [2.45, 2.75) is 45.7 Å². The third-order valence-corrected chi connectivity index (χ3v) is 7.62. The highest BCUT2D eigenvalue weighted by molar-refractivity contribution is 7.89. The largest absolute Gasteiger partial charge is 0.429 e. The van der Waals surface area contributed by atoms with E-state index in [9.17, 15) is 8.42 Å². The Bertz CT molecular complexity index is 950. The Morgan fingerprint density at radius 1 is 1.19 bits per heavy atom. The smallest absolute Gasteiger partial charge is 0.270 e. The molecule has 1 saturated heterocycles. The van der Waals surface area contributed by atoms with E-state index >= 15 is 0 Å². The lowest BCUT2D eigenvalue weighted by molar-refractivity contribution is 0.109. The number of likely N-dealkylation sites (tertiary alicyclic amines) is 1. The first-order chi connectivity index (χ1) is 12.8. The minimum absolute atomic E-state index is 0.281. The Balaban J connectivity index is 1.99. The fourth-order valence-electron chi connectivity index (χ4n) is 4.16. The van der Waals surface area contributed by atoms with E-state index in [2.05, 4.69) is 18.7 Å². The molecule has 0 spiro atoms. The van der Waals surface area contributed by atoms with Crippen LogP contribution in [0.4, 0.5) is 0 Å². The second-order valence-electron chi connectivity index (χ2n) is 7.64. The zero-order valence-corrected chi connectivity index (χ0v) is 18.1. The van der Waals surface area contributed by atoms with Crippen LogP contribution in [0.3, 0.4) is 0 Å². The number of rotatable bonds is 6. The van der Waals surface area contributed by atoms with Gasteiger partial charge in [-0.15, -0.1) is 0 Å². The fraction of sp³-hybridized carbons (Fsp3) is 0.632. The number of piperidine rings is 1. The molecule has 6 nitrogen and oxygen atoms in total. The zero-order chi connectivity index (χ0) is 19.8. The lowest BCUT2D eigenvalue weighted by atomic mass is 9.92. The molecule has 1 aliphatic heterocycles. The van der Waals surface area contributed by atoms with E-state index in [0.717, 1.165) is 18.6 Å². The summed E-state index contributed by atoms with van der Waals surface area (Å²) in [4.78, 5) is 3.03. The maximum absolute atomic E-state index is 12.9. The molecule has 0 bridgehead atoms. The summed E-state index contributed by atoms with van der Waals surface area (Å²) in [5.74, 6) is 1.28. The summed E-state index contributed by atoms with van der Waals surface area (Å²) in [7, 11) is -3.52. The third-order valence-electron chi connectivity index (χ3n) is 5.27. The predicted molar refractivity (Wildman–Crippen MR) is 110 cm³/mol. The molecule has 0 N–H and O–H groups in total. The fourth-order valence-corrected chi connectivity index (χ4v) is 5.88. The van der Waals surface area contributed by atoms with Crippen molar-refractivity contribution in [3.05, 3.63) is 23.0 Å². The molecule has 0 unspecified atom stereocenters. The van der Waals surface area contributed by atoms with Crippen LogP contribution in [0.1, 0.15) is 34.1 Å². The van der Waals surface area contributed by atoms with Crippen molar-refractivity contribution >= 4 is 33.3 Å². The molecule has 1 fully saturated rings. The lowest BCUT2D eigenvalue weighted by Gasteiger charge is -2.34. The maximum atomic E-state index is 12.9. The number of hydrogen-bond donors (Lipinski definition) is 0. The van der Waals surface area contributed by atoms with Crippen LogP contribution in [0.5, 0.6) is 0 Å². The Morgan fingerprint density at radius 3 is 2.41 bits per heavy atom. The average molecular weight is 412 g/mol.